The fourth-order valence-corrected chi connectivity index (χ4v) is 3.66. The number of hydrogen-bond donors (Lipinski definition) is 0. The van der Waals surface area contributed by atoms with Gasteiger partial charge in [0.25, 0.3) is 0 Å². The fraction of sp³-hybridized carbons (Fsp3) is 0.286. The zero-order valence-corrected chi connectivity index (χ0v) is 15.8. The quantitative estimate of drug-likeness (QED) is 0.548. The largest absolute Gasteiger partial charge is 0.341 e. The molecule has 0 aromatic carbocycles. The standard InChI is InChI=1S/C21H21N7/c1-15-5-6-17(13-23-15)28-19-14-22-8-7-18(19)26-20(28)16-11-24-21(25-12-16)27-9-3-2-4-10-27/h5-8,11-14H,2-4,9-10H2,1H3. The summed E-state index contributed by atoms with van der Waals surface area (Å²) in [6.45, 7) is 4.03. The molecule has 0 N–H and O–H groups in total. The summed E-state index contributed by atoms with van der Waals surface area (Å²) >= 11 is 0. The monoisotopic (exact) mass is 371 g/mol. The van der Waals surface area contributed by atoms with Gasteiger partial charge >= 0.3 is 0 Å². The van der Waals surface area contributed by atoms with E-state index in [4.69, 9.17) is 4.98 Å². The highest BCUT2D eigenvalue weighted by molar-refractivity contribution is 5.82. The minimum atomic E-state index is 0.791. The Morgan fingerprint density at radius 1 is 0.857 bits per heavy atom. The van der Waals surface area contributed by atoms with Crippen molar-refractivity contribution in [3.63, 3.8) is 0 Å². The molecule has 5 heterocycles. The first-order valence-electron chi connectivity index (χ1n) is 9.62. The Morgan fingerprint density at radius 3 is 2.43 bits per heavy atom. The minimum absolute atomic E-state index is 0.791. The molecule has 4 aromatic rings. The number of fused-ring (bicyclic) bond motifs is 1. The van der Waals surface area contributed by atoms with E-state index in [1.54, 1.807) is 6.20 Å². The van der Waals surface area contributed by atoms with Gasteiger partial charge in [-0.15, -0.1) is 0 Å². The van der Waals surface area contributed by atoms with E-state index in [0.717, 1.165) is 52.8 Å². The molecule has 0 saturated carbocycles. The third kappa shape index (κ3) is 2.98. The van der Waals surface area contributed by atoms with Crippen LogP contribution in [0.3, 0.4) is 0 Å². The maximum atomic E-state index is 4.83. The summed E-state index contributed by atoms with van der Waals surface area (Å²) in [6.07, 6.45) is 12.9. The van der Waals surface area contributed by atoms with E-state index in [-0.39, 0.29) is 0 Å². The molecular weight excluding hydrogens is 350 g/mol. The average molecular weight is 371 g/mol. The minimum Gasteiger partial charge on any atom is -0.341 e. The lowest BCUT2D eigenvalue weighted by molar-refractivity contribution is 0.568. The van der Waals surface area contributed by atoms with Gasteiger partial charge in [0, 0.05) is 37.4 Å². The van der Waals surface area contributed by atoms with Crippen LogP contribution in [0, 0.1) is 6.92 Å². The molecule has 7 nitrogen and oxygen atoms in total. The molecule has 1 aliphatic heterocycles. The Bertz CT molecular complexity index is 1090. The Kier molecular flexibility index (Phi) is 4.20. The first-order valence-corrected chi connectivity index (χ1v) is 9.62. The summed E-state index contributed by atoms with van der Waals surface area (Å²) in [6, 6.07) is 5.96. The maximum absolute atomic E-state index is 4.83. The molecule has 0 amide bonds. The summed E-state index contributed by atoms with van der Waals surface area (Å²) in [5.41, 5.74) is 4.60. The van der Waals surface area contributed by atoms with Gasteiger partial charge in [-0.1, -0.05) is 0 Å². The van der Waals surface area contributed by atoms with Crippen LogP contribution in [-0.2, 0) is 0 Å². The molecule has 1 aliphatic rings. The molecule has 28 heavy (non-hydrogen) atoms. The lowest BCUT2D eigenvalue weighted by Crippen LogP contribution is -2.30. The van der Waals surface area contributed by atoms with Gasteiger partial charge in [0.05, 0.1) is 34.7 Å². The third-order valence-electron chi connectivity index (χ3n) is 5.15. The van der Waals surface area contributed by atoms with Crippen LogP contribution in [0.1, 0.15) is 25.0 Å². The normalized spacial score (nSPS) is 14.5. The van der Waals surface area contributed by atoms with E-state index in [2.05, 4.69) is 29.4 Å². The summed E-state index contributed by atoms with van der Waals surface area (Å²) < 4.78 is 2.06. The van der Waals surface area contributed by atoms with Crippen molar-refractivity contribution < 1.29 is 0 Å². The third-order valence-corrected chi connectivity index (χ3v) is 5.15. The Labute approximate surface area is 163 Å². The van der Waals surface area contributed by atoms with Crippen molar-refractivity contribution in [3.8, 4) is 17.1 Å². The number of piperidine rings is 1. The summed E-state index contributed by atoms with van der Waals surface area (Å²) in [5, 5.41) is 0. The highest BCUT2D eigenvalue weighted by Gasteiger charge is 2.17. The molecule has 7 heteroatoms. The van der Waals surface area contributed by atoms with Crippen LogP contribution in [0.4, 0.5) is 5.95 Å². The van der Waals surface area contributed by atoms with Gasteiger partial charge < -0.3 is 4.90 Å². The molecule has 0 atom stereocenters. The first-order chi connectivity index (χ1) is 13.8. The van der Waals surface area contributed by atoms with Crippen LogP contribution in [0.15, 0.2) is 49.2 Å². The second kappa shape index (κ2) is 6.99. The van der Waals surface area contributed by atoms with Crippen molar-refractivity contribution in [2.45, 2.75) is 26.2 Å². The molecule has 0 radical (unpaired) electrons. The van der Waals surface area contributed by atoms with Crippen LogP contribution in [-0.4, -0.2) is 42.6 Å². The predicted molar refractivity (Wildman–Crippen MR) is 108 cm³/mol. The summed E-state index contributed by atoms with van der Waals surface area (Å²) in [7, 11) is 0. The van der Waals surface area contributed by atoms with Gasteiger partial charge in [-0.3, -0.25) is 14.5 Å². The molecular formula is C21H21N7. The smallest absolute Gasteiger partial charge is 0.225 e. The number of anilines is 1. The van der Waals surface area contributed by atoms with Crippen molar-refractivity contribution in [1.29, 1.82) is 0 Å². The van der Waals surface area contributed by atoms with Crippen LogP contribution in [0.2, 0.25) is 0 Å². The van der Waals surface area contributed by atoms with Gasteiger partial charge in [-0.05, 0) is 44.4 Å². The first kappa shape index (κ1) is 16.8. The van der Waals surface area contributed by atoms with E-state index in [1.165, 1.54) is 19.3 Å². The van der Waals surface area contributed by atoms with E-state index >= 15 is 0 Å². The van der Waals surface area contributed by atoms with Gasteiger partial charge in [-0.25, -0.2) is 15.0 Å². The van der Waals surface area contributed by atoms with E-state index < -0.39 is 0 Å². The second-order valence-corrected chi connectivity index (χ2v) is 7.11. The lowest BCUT2D eigenvalue weighted by atomic mass is 10.1. The molecule has 0 bridgehead atoms. The highest BCUT2D eigenvalue weighted by Crippen LogP contribution is 2.28. The zero-order chi connectivity index (χ0) is 18.9. The Hall–Kier alpha value is -3.35. The number of imidazole rings is 1. The fourth-order valence-electron chi connectivity index (χ4n) is 3.66. The number of pyridine rings is 2. The van der Waals surface area contributed by atoms with Crippen molar-refractivity contribution >= 4 is 17.0 Å². The SMILES string of the molecule is Cc1ccc(-n2c(-c3cnc(N4CCCCC4)nc3)nc3ccncc32)cn1. The van der Waals surface area contributed by atoms with Crippen LogP contribution in [0.25, 0.3) is 28.1 Å². The molecule has 140 valence electrons. The predicted octanol–water partition coefficient (Wildman–Crippen LogP) is 3.57. The number of nitrogens with zero attached hydrogens (tertiary/aromatic N) is 7. The van der Waals surface area contributed by atoms with Gasteiger partial charge in [0.2, 0.25) is 5.95 Å². The molecule has 0 spiro atoms. The number of hydrogen-bond acceptors (Lipinski definition) is 6. The van der Waals surface area contributed by atoms with Gasteiger partial charge in [-0.2, -0.15) is 0 Å². The van der Waals surface area contributed by atoms with E-state index in [9.17, 15) is 0 Å². The summed E-state index contributed by atoms with van der Waals surface area (Å²) in [5.74, 6) is 1.59. The maximum Gasteiger partial charge on any atom is 0.225 e. The van der Waals surface area contributed by atoms with Crippen molar-refractivity contribution in [2.75, 3.05) is 18.0 Å². The molecule has 1 fully saturated rings. The van der Waals surface area contributed by atoms with Crippen molar-refractivity contribution in [1.82, 2.24) is 29.5 Å². The van der Waals surface area contributed by atoms with E-state index in [1.807, 2.05) is 49.9 Å². The topological polar surface area (TPSA) is 72.6 Å². The average Bonchev–Trinajstić information content (AvgIpc) is 3.15. The Balaban J connectivity index is 1.60. The molecule has 0 unspecified atom stereocenters. The number of rotatable bonds is 3. The highest BCUT2D eigenvalue weighted by atomic mass is 15.2. The molecule has 4 aromatic heterocycles. The summed E-state index contributed by atoms with van der Waals surface area (Å²) in [4.78, 5) is 25.1. The Morgan fingerprint density at radius 2 is 1.68 bits per heavy atom. The second-order valence-electron chi connectivity index (χ2n) is 7.11. The van der Waals surface area contributed by atoms with Crippen LogP contribution < -0.4 is 4.90 Å². The number of aryl methyl sites for hydroxylation is 1. The van der Waals surface area contributed by atoms with E-state index in [0.29, 0.717) is 0 Å². The molecule has 1 saturated heterocycles. The molecule has 5 rings (SSSR count). The van der Waals surface area contributed by atoms with Crippen LogP contribution >= 0.6 is 0 Å². The number of aromatic nitrogens is 6. The lowest BCUT2D eigenvalue weighted by Gasteiger charge is -2.26. The van der Waals surface area contributed by atoms with Crippen molar-refractivity contribution in [3.05, 3.63) is 54.9 Å². The van der Waals surface area contributed by atoms with Crippen molar-refractivity contribution in [2.24, 2.45) is 0 Å². The van der Waals surface area contributed by atoms with Crippen LogP contribution in [0.5, 0.6) is 0 Å². The molecule has 0 aliphatic carbocycles. The van der Waals surface area contributed by atoms with Gasteiger partial charge in [0.15, 0.2) is 0 Å². The zero-order valence-electron chi connectivity index (χ0n) is 15.8. The van der Waals surface area contributed by atoms with Gasteiger partial charge in [0.1, 0.15) is 5.82 Å².